The molecule has 1 amide bonds. The van der Waals surface area contributed by atoms with Gasteiger partial charge in [0, 0.05) is 23.4 Å². The highest BCUT2D eigenvalue weighted by Crippen LogP contribution is 2.20. The molecule has 0 saturated carbocycles. The van der Waals surface area contributed by atoms with E-state index in [0.29, 0.717) is 12.8 Å². The Balaban J connectivity index is 1.60. The van der Waals surface area contributed by atoms with Crippen molar-refractivity contribution in [1.29, 1.82) is 0 Å². The molecule has 0 radical (unpaired) electrons. The smallest absolute Gasteiger partial charge is 0.224 e. The number of aromatic amines is 1. The number of anilines is 1. The monoisotopic (exact) mass is 353 g/mol. The molecule has 130 valence electrons. The van der Waals surface area contributed by atoms with E-state index < -0.39 is 0 Å². The molecule has 1 heterocycles. The minimum Gasteiger partial charge on any atom is -0.342 e. The number of H-pyrrole nitrogens is 1. The van der Waals surface area contributed by atoms with Crippen molar-refractivity contribution in [3.8, 4) is 0 Å². The average Bonchev–Trinajstić information content (AvgIpc) is 3.02. The predicted molar refractivity (Wildman–Crippen MR) is 105 cm³/mol. The molecule has 0 aliphatic heterocycles. The molecule has 0 fully saturated rings. The molecule has 5 heteroatoms. The summed E-state index contributed by atoms with van der Waals surface area (Å²) in [5.74, 6) is 1.07. The van der Waals surface area contributed by atoms with Gasteiger partial charge in [-0.2, -0.15) is 0 Å². The highest BCUT2D eigenvalue weighted by molar-refractivity contribution is 7.98. The molecular weight excluding hydrogens is 330 g/mol. The third-order valence-electron chi connectivity index (χ3n) is 4.08. The highest BCUT2D eigenvalue weighted by atomic mass is 32.2. The quantitative estimate of drug-likeness (QED) is 0.599. The van der Waals surface area contributed by atoms with Crippen molar-refractivity contribution in [2.45, 2.75) is 37.5 Å². The Morgan fingerprint density at radius 3 is 2.88 bits per heavy atom. The maximum Gasteiger partial charge on any atom is 0.224 e. The highest BCUT2D eigenvalue weighted by Gasteiger charge is 2.07. The second-order valence-electron chi connectivity index (χ2n) is 6.07. The fourth-order valence-corrected chi connectivity index (χ4v) is 3.26. The predicted octanol–water partition coefficient (Wildman–Crippen LogP) is 4.81. The molecule has 3 aromatic rings. The molecule has 0 saturated heterocycles. The van der Waals surface area contributed by atoms with E-state index in [-0.39, 0.29) is 5.91 Å². The number of aromatic nitrogens is 2. The fourth-order valence-electron chi connectivity index (χ4n) is 2.80. The zero-order valence-corrected chi connectivity index (χ0v) is 15.5. The van der Waals surface area contributed by atoms with Gasteiger partial charge in [-0.25, -0.2) is 4.98 Å². The summed E-state index contributed by atoms with van der Waals surface area (Å²) in [5.41, 5.74) is 4.04. The zero-order valence-electron chi connectivity index (χ0n) is 14.6. The Labute approximate surface area is 152 Å². The van der Waals surface area contributed by atoms with Crippen LogP contribution in [-0.2, 0) is 17.6 Å². The van der Waals surface area contributed by atoms with Gasteiger partial charge in [-0.1, -0.05) is 19.1 Å². The van der Waals surface area contributed by atoms with Gasteiger partial charge in [0.1, 0.15) is 5.82 Å². The van der Waals surface area contributed by atoms with Crippen LogP contribution in [0.4, 0.5) is 5.69 Å². The summed E-state index contributed by atoms with van der Waals surface area (Å²) in [6, 6.07) is 14.1. The number of nitrogens with zero attached hydrogens (tertiary/aromatic N) is 1. The van der Waals surface area contributed by atoms with Gasteiger partial charge in [-0.3, -0.25) is 4.79 Å². The van der Waals surface area contributed by atoms with Gasteiger partial charge in [0.05, 0.1) is 11.0 Å². The van der Waals surface area contributed by atoms with Gasteiger partial charge in [0.15, 0.2) is 0 Å². The topological polar surface area (TPSA) is 57.8 Å². The lowest BCUT2D eigenvalue weighted by Crippen LogP contribution is -2.12. The molecule has 0 aliphatic rings. The summed E-state index contributed by atoms with van der Waals surface area (Å²) in [6.45, 7) is 2.14. The standard InChI is InChI=1S/C20H23N3OS/c1-3-5-19-22-17-10-8-14(12-18(17)23-19)9-11-20(24)21-15-6-4-7-16(13-15)25-2/h4,6-8,10,12-13H,3,5,9,11H2,1-2H3,(H,21,24)(H,22,23). The number of hydrogen-bond acceptors (Lipinski definition) is 3. The molecule has 0 bridgehead atoms. The van der Waals surface area contributed by atoms with Crippen LogP contribution in [0.5, 0.6) is 0 Å². The summed E-state index contributed by atoms with van der Waals surface area (Å²) in [5, 5.41) is 2.97. The average molecular weight is 353 g/mol. The largest absolute Gasteiger partial charge is 0.342 e. The first-order chi connectivity index (χ1) is 12.2. The van der Waals surface area contributed by atoms with E-state index in [2.05, 4.69) is 34.3 Å². The first-order valence-electron chi connectivity index (χ1n) is 8.59. The number of fused-ring (bicyclic) bond motifs is 1. The maximum atomic E-state index is 12.2. The van der Waals surface area contributed by atoms with E-state index in [4.69, 9.17) is 0 Å². The number of aryl methyl sites for hydroxylation is 2. The van der Waals surface area contributed by atoms with Crippen LogP contribution in [0.2, 0.25) is 0 Å². The number of nitrogens with one attached hydrogen (secondary N) is 2. The van der Waals surface area contributed by atoms with Gasteiger partial charge < -0.3 is 10.3 Å². The number of thioether (sulfide) groups is 1. The van der Waals surface area contributed by atoms with Gasteiger partial charge in [-0.15, -0.1) is 11.8 Å². The number of hydrogen-bond donors (Lipinski definition) is 2. The lowest BCUT2D eigenvalue weighted by molar-refractivity contribution is -0.116. The lowest BCUT2D eigenvalue weighted by atomic mass is 10.1. The van der Waals surface area contributed by atoms with E-state index in [1.54, 1.807) is 11.8 Å². The maximum absolute atomic E-state index is 12.2. The van der Waals surface area contributed by atoms with Gasteiger partial charge in [-0.05, 0) is 55.0 Å². The summed E-state index contributed by atoms with van der Waals surface area (Å²) >= 11 is 1.67. The number of carbonyl (C=O) groups is 1. The van der Waals surface area contributed by atoms with Crippen molar-refractivity contribution in [3.63, 3.8) is 0 Å². The molecule has 2 N–H and O–H groups in total. The van der Waals surface area contributed by atoms with Crippen LogP contribution in [0.15, 0.2) is 47.4 Å². The van der Waals surface area contributed by atoms with Crippen LogP contribution in [-0.4, -0.2) is 22.1 Å². The van der Waals surface area contributed by atoms with Crippen LogP contribution in [0.1, 0.15) is 31.2 Å². The number of amides is 1. The summed E-state index contributed by atoms with van der Waals surface area (Å²) < 4.78 is 0. The van der Waals surface area contributed by atoms with Crippen molar-refractivity contribution >= 4 is 34.4 Å². The molecule has 4 nitrogen and oxygen atoms in total. The van der Waals surface area contributed by atoms with Crippen LogP contribution in [0, 0.1) is 0 Å². The zero-order chi connectivity index (χ0) is 17.6. The molecule has 2 aromatic carbocycles. The normalized spacial score (nSPS) is 11.0. The van der Waals surface area contributed by atoms with E-state index >= 15 is 0 Å². The van der Waals surface area contributed by atoms with Gasteiger partial charge >= 0.3 is 0 Å². The van der Waals surface area contributed by atoms with Crippen LogP contribution in [0.25, 0.3) is 11.0 Å². The van der Waals surface area contributed by atoms with Crippen molar-refractivity contribution in [1.82, 2.24) is 9.97 Å². The molecule has 0 atom stereocenters. The van der Waals surface area contributed by atoms with Crippen molar-refractivity contribution in [2.75, 3.05) is 11.6 Å². The number of carbonyl (C=O) groups excluding carboxylic acids is 1. The number of benzene rings is 2. The molecule has 0 unspecified atom stereocenters. The molecule has 1 aromatic heterocycles. The Morgan fingerprint density at radius 2 is 2.08 bits per heavy atom. The van der Waals surface area contributed by atoms with Crippen LogP contribution < -0.4 is 5.32 Å². The molecular formula is C20H23N3OS. The van der Waals surface area contributed by atoms with E-state index in [9.17, 15) is 4.79 Å². The van der Waals surface area contributed by atoms with Crippen LogP contribution in [0.3, 0.4) is 0 Å². The minimum absolute atomic E-state index is 0.0367. The first-order valence-corrected chi connectivity index (χ1v) is 9.82. The second kappa shape index (κ2) is 8.21. The minimum atomic E-state index is 0.0367. The molecule has 3 rings (SSSR count). The lowest BCUT2D eigenvalue weighted by Gasteiger charge is -2.06. The number of rotatable bonds is 7. The van der Waals surface area contributed by atoms with E-state index in [0.717, 1.165) is 45.8 Å². The van der Waals surface area contributed by atoms with Crippen molar-refractivity contribution in [3.05, 3.63) is 53.9 Å². The Hall–Kier alpha value is -2.27. The van der Waals surface area contributed by atoms with E-state index in [1.165, 1.54) is 0 Å². The molecule has 0 aliphatic carbocycles. The molecule has 0 spiro atoms. The van der Waals surface area contributed by atoms with Gasteiger partial charge in [0.2, 0.25) is 5.91 Å². The summed E-state index contributed by atoms with van der Waals surface area (Å²) in [7, 11) is 0. The summed E-state index contributed by atoms with van der Waals surface area (Å²) in [4.78, 5) is 21.3. The third kappa shape index (κ3) is 4.63. The van der Waals surface area contributed by atoms with Crippen molar-refractivity contribution in [2.24, 2.45) is 0 Å². The Bertz CT molecular complexity index is 872. The second-order valence-corrected chi connectivity index (χ2v) is 6.94. The van der Waals surface area contributed by atoms with Crippen molar-refractivity contribution < 1.29 is 4.79 Å². The fraction of sp³-hybridized carbons (Fsp3) is 0.300. The summed E-state index contributed by atoms with van der Waals surface area (Å²) in [6.07, 6.45) is 5.24. The first kappa shape index (κ1) is 17.5. The Morgan fingerprint density at radius 1 is 1.20 bits per heavy atom. The third-order valence-corrected chi connectivity index (χ3v) is 4.80. The number of imidazole rings is 1. The Kier molecular flexibility index (Phi) is 5.76. The van der Waals surface area contributed by atoms with Crippen LogP contribution >= 0.6 is 11.8 Å². The van der Waals surface area contributed by atoms with Gasteiger partial charge in [0.25, 0.3) is 0 Å². The van der Waals surface area contributed by atoms with E-state index in [1.807, 2.05) is 36.6 Å². The SMILES string of the molecule is CCCc1nc2ccc(CCC(=O)Nc3cccc(SC)c3)cc2[nH]1. The molecule has 25 heavy (non-hydrogen) atoms.